The number of halogens is 1. The molecule has 1 fully saturated rings. The molecule has 104 valence electrons. The van der Waals surface area contributed by atoms with Crippen LogP contribution >= 0.6 is 15.9 Å². The van der Waals surface area contributed by atoms with Gasteiger partial charge in [-0.05, 0) is 49.4 Å². The van der Waals surface area contributed by atoms with Crippen LogP contribution in [0.25, 0.3) is 0 Å². The van der Waals surface area contributed by atoms with Crippen molar-refractivity contribution in [3.05, 3.63) is 28.2 Å². The average Bonchev–Trinajstić information content (AvgIpc) is 2.40. The van der Waals surface area contributed by atoms with Crippen molar-refractivity contribution in [2.75, 3.05) is 25.0 Å². The number of likely N-dealkylation sites (tertiary alicyclic amines) is 1. The first kappa shape index (κ1) is 14.4. The lowest BCUT2D eigenvalue weighted by Crippen LogP contribution is -2.40. The zero-order valence-electron chi connectivity index (χ0n) is 11.6. The van der Waals surface area contributed by atoms with E-state index in [1.165, 1.54) is 5.56 Å². The number of nitrogens with zero attached hydrogens (tertiary/aromatic N) is 1. The number of carbonyl (C=O) groups excluding carboxylic acids is 1. The summed E-state index contributed by atoms with van der Waals surface area (Å²) in [5, 5.41) is 3.21. The summed E-state index contributed by atoms with van der Waals surface area (Å²) in [7, 11) is 0. The van der Waals surface area contributed by atoms with Gasteiger partial charge in [-0.15, -0.1) is 0 Å². The van der Waals surface area contributed by atoms with Gasteiger partial charge in [0.2, 0.25) is 5.91 Å². The highest BCUT2D eigenvalue weighted by atomic mass is 79.9. The number of aryl methyl sites for hydroxylation is 1. The van der Waals surface area contributed by atoms with Crippen LogP contribution in [-0.4, -0.2) is 30.4 Å². The molecule has 1 aliphatic rings. The Bertz CT molecular complexity index is 453. The fourth-order valence-electron chi connectivity index (χ4n) is 2.30. The van der Waals surface area contributed by atoms with Crippen LogP contribution in [0.2, 0.25) is 0 Å². The Morgan fingerprint density at radius 3 is 2.74 bits per heavy atom. The monoisotopic (exact) mass is 324 g/mol. The van der Waals surface area contributed by atoms with Gasteiger partial charge >= 0.3 is 0 Å². The van der Waals surface area contributed by atoms with Crippen molar-refractivity contribution in [1.82, 2.24) is 4.90 Å². The van der Waals surface area contributed by atoms with Crippen LogP contribution in [0, 0.1) is 12.8 Å². The Morgan fingerprint density at radius 2 is 2.11 bits per heavy atom. The van der Waals surface area contributed by atoms with Crippen LogP contribution < -0.4 is 5.32 Å². The van der Waals surface area contributed by atoms with Gasteiger partial charge in [-0.25, -0.2) is 0 Å². The van der Waals surface area contributed by atoms with E-state index in [-0.39, 0.29) is 5.91 Å². The van der Waals surface area contributed by atoms with Gasteiger partial charge in [-0.2, -0.15) is 0 Å². The Kier molecular flexibility index (Phi) is 4.86. The Labute approximate surface area is 123 Å². The molecule has 1 amide bonds. The van der Waals surface area contributed by atoms with E-state index in [4.69, 9.17) is 0 Å². The standard InChI is InChI=1S/C15H21BrN2O/c1-11-5-7-18(8-6-11)15(19)10-17-13-3-4-14(16)12(2)9-13/h3-4,9,11,17H,5-8,10H2,1-2H3. The molecule has 0 radical (unpaired) electrons. The van der Waals surface area contributed by atoms with Gasteiger partial charge in [0, 0.05) is 23.2 Å². The van der Waals surface area contributed by atoms with E-state index in [1.54, 1.807) is 0 Å². The van der Waals surface area contributed by atoms with E-state index in [2.05, 4.69) is 34.2 Å². The predicted molar refractivity (Wildman–Crippen MR) is 82.3 cm³/mol. The fraction of sp³-hybridized carbons (Fsp3) is 0.533. The summed E-state index contributed by atoms with van der Waals surface area (Å²) in [5.41, 5.74) is 2.17. The van der Waals surface area contributed by atoms with Gasteiger partial charge < -0.3 is 10.2 Å². The number of nitrogens with one attached hydrogen (secondary N) is 1. The lowest BCUT2D eigenvalue weighted by Gasteiger charge is -2.30. The highest BCUT2D eigenvalue weighted by Gasteiger charge is 2.19. The second kappa shape index (κ2) is 6.42. The molecule has 19 heavy (non-hydrogen) atoms. The Morgan fingerprint density at radius 1 is 1.42 bits per heavy atom. The first-order valence-corrected chi connectivity index (χ1v) is 7.63. The van der Waals surface area contributed by atoms with Crippen LogP contribution in [0.15, 0.2) is 22.7 Å². The number of hydrogen-bond donors (Lipinski definition) is 1. The van der Waals surface area contributed by atoms with Crippen LogP contribution in [0.1, 0.15) is 25.3 Å². The lowest BCUT2D eigenvalue weighted by atomic mass is 9.99. The van der Waals surface area contributed by atoms with E-state index in [1.807, 2.05) is 24.0 Å². The van der Waals surface area contributed by atoms with Gasteiger partial charge in [0.1, 0.15) is 0 Å². The Hall–Kier alpha value is -1.03. The van der Waals surface area contributed by atoms with Crippen molar-refractivity contribution in [2.45, 2.75) is 26.7 Å². The van der Waals surface area contributed by atoms with Crippen LogP contribution in [0.3, 0.4) is 0 Å². The summed E-state index contributed by atoms with van der Waals surface area (Å²) >= 11 is 3.47. The van der Waals surface area contributed by atoms with Gasteiger partial charge in [0.15, 0.2) is 0 Å². The minimum Gasteiger partial charge on any atom is -0.376 e. The second-order valence-corrected chi connectivity index (χ2v) is 6.24. The first-order chi connectivity index (χ1) is 9.06. The second-order valence-electron chi connectivity index (χ2n) is 5.38. The molecule has 1 N–H and O–H groups in total. The molecule has 3 nitrogen and oxygen atoms in total. The van der Waals surface area contributed by atoms with E-state index >= 15 is 0 Å². The molecule has 4 heteroatoms. The van der Waals surface area contributed by atoms with Gasteiger partial charge in [-0.1, -0.05) is 22.9 Å². The zero-order valence-corrected chi connectivity index (χ0v) is 13.2. The molecule has 1 saturated heterocycles. The van der Waals surface area contributed by atoms with Crippen LogP contribution in [0.5, 0.6) is 0 Å². The Balaban J connectivity index is 1.84. The molecule has 0 spiro atoms. The number of carbonyl (C=O) groups is 1. The van der Waals surface area contributed by atoms with Crippen molar-refractivity contribution in [2.24, 2.45) is 5.92 Å². The highest BCUT2D eigenvalue weighted by Crippen LogP contribution is 2.20. The van der Waals surface area contributed by atoms with E-state index in [9.17, 15) is 4.79 Å². The van der Waals surface area contributed by atoms with Crippen molar-refractivity contribution < 1.29 is 4.79 Å². The van der Waals surface area contributed by atoms with Crippen molar-refractivity contribution >= 4 is 27.5 Å². The molecule has 0 aliphatic carbocycles. The summed E-state index contributed by atoms with van der Waals surface area (Å²) in [5.74, 6) is 0.957. The molecular weight excluding hydrogens is 304 g/mol. The third-order valence-electron chi connectivity index (χ3n) is 3.74. The molecule has 0 unspecified atom stereocenters. The maximum absolute atomic E-state index is 12.1. The molecule has 1 aromatic carbocycles. The van der Waals surface area contributed by atoms with E-state index in [0.29, 0.717) is 6.54 Å². The quantitative estimate of drug-likeness (QED) is 0.923. The molecule has 0 saturated carbocycles. The first-order valence-electron chi connectivity index (χ1n) is 6.84. The third kappa shape index (κ3) is 3.96. The number of hydrogen-bond acceptors (Lipinski definition) is 2. The van der Waals surface area contributed by atoms with Crippen LogP contribution in [0.4, 0.5) is 5.69 Å². The number of benzene rings is 1. The maximum Gasteiger partial charge on any atom is 0.241 e. The van der Waals surface area contributed by atoms with Gasteiger partial charge in [0.25, 0.3) is 0 Å². The highest BCUT2D eigenvalue weighted by molar-refractivity contribution is 9.10. The molecule has 0 atom stereocenters. The van der Waals surface area contributed by atoms with Gasteiger partial charge in [0.05, 0.1) is 6.54 Å². The van der Waals surface area contributed by atoms with Gasteiger partial charge in [-0.3, -0.25) is 4.79 Å². The average molecular weight is 325 g/mol. The maximum atomic E-state index is 12.1. The minimum absolute atomic E-state index is 0.201. The summed E-state index contributed by atoms with van der Waals surface area (Å²) < 4.78 is 1.09. The van der Waals surface area contributed by atoms with Crippen LogP contribution in [-0.2, 0) is 4.79 Å². The molecule has 0 aromatic heterocycles. The summed E-state index contributed by atoms with van der Waals surface area (Å²) in [6.45, 7) is 6.49. The predicted octanol–water partition coefficient (Wildman–Crippen LogP) is 3.43. The normalized spacial score (nSPS) is 16.5. The molecule has 0 bridgehead atoms. The topological polar surface area (TPSA) is 32.3 Å². The number of piperidine rings is 1. The summed E-state index contributed by atoms with van der Waals surface area (Å²) in [6.07, 6.45) is 2.26. The summed E-state index contributed by atoms with van der Waals surface area (Å²) in [4.78, 5) is 14.1. The third-order valence-corrected chi connectivity index (χ3v) is 4.63. The molecular formula is C15H21BrN2O. The van der Waals surface area contributed by atoms with E-state index < -0.39 is 0 Å². The zero-order chi connectivity index (χ0) is 13.8. The lowest BCUT2D eigenvalue weighted by molar-refractivity contribution is -0.130. The molecule has 1 aromatic rings. The van der Waals surface area contributed by atoms with Crippen molar-refractivity contribution in [3.63, 3.8) is 0 Å². The number of anilines is 1. The summed E-state index contributed by atoms with van der Waals surface area (Å²) in [6, 6.07) is 6.04. The van der Waals surface area contributed by atoms with Crippen molar-refractivity contribution in [3.8, 4) is 0 Å². The minimum atomic E-state index is 0.201. The van der Waals surface area contributed by atoms with Crippen molar-refractivity contribution in [1.29, 1.82) is 0 Å². The molecule has 1 aliphatic heterocycles. The smallest absolute Gasteiger partial charge is 0.241 e. The molecule has 2 rings (SSSR count). The fourth-order valence-corrected chi connectivity index (χ4v) is 2.55. The number of amides is 1. The van der Waals surface area contributed by atoms with E-state index in [0.717, 1.165) is 42.0 Å². The number of rotatable bonds is 3. The largest absolute Gasteiger partial charge is 0.376 e. The SMILES string of the molecule is Cc1cc(NCC(=O)N2CCC(C)CC2)ccc1Br. The molecule has 1 heterocycles.